The highest BCUT2D eigenvalue weighted by Crippen LogP contribution is 2.28. The number of rotatable bonds is 6. The second-order valence-corrected chi connectivity index (χ2v) is 5.35. The minimum absolute atomic E-state index is 0.157. The van der Waals surface area contributed by atoms with E-state index in [1.807, 2.05) is 25.9 Å². The summed E-state index contributed by atoms with van der Waals surface area (Å²) >= 11 is 1.32. The lowest BCUT2D eigenvalue weighted by atomic mass is 10.2. The number of carbonyl (C=O) groups is 2. The molecular weight excluding hydrogens is 252 g/mol. The Morgan fingerprint density at radius 2 is 2.11 bits per heavy atom. The normalized spacial score (nSPS) is 10.7. The molecule has 0 fully saturated rings. The zero-order valence-corrected chi connectivity index (χ0v) is 11.6. The number of thiophene rings is 1. The van der Waals surface area contributed by atoms with Crippen LogP contribution in [0.25, 0.3) is 0 Å². The fourth-order valence-electron chi connectivity index (χ4n) is 1.38. The fraction of sp³-hybridized carbons (Fsp3) is 0.500. The summed E-state index contributed by atoms with van der Waals surface area (Å²) in [6.45, 7) is 2.59. The molecule has 1 aromatic rings. The third kappa shape index (κ3) is 4.12. The predicted molar refractivity (Wildman–Crippen MR) is 72.5 cm³/mol. The van der Waals surface area contributed by atoms with E-state index in [2.05, 4.69) is 5.32 Å². The molecular formula is C12H18N2O3S. The molecule has 0 aliphatic carbocycles. The number of aryl methyl sites for hydroxylation is 1. The van der Waals surface area contributed by atoms with E-state index in [-0.39, 0.29) is 11.5 Å². The summed E-state index contributed by atoms with van der Waals surface area (Å²) in [5, 5.41) is 12.2. The van der Waals surface area contributed by atoms with Crippen molar-refractivity contribution in [3.8, 4) is 0 Å². The van der Waals surface area contributed by atoms with E-state index in [1.54, 1.807) is 6.07 Å². The van der Waals surface area contributed by atoms with Gasteiger partial charge in [-0.15, -0.1) is 11.3 Å². The van der Waals surface area contributed by atoms with Gasteiger partial charge in [-0.3, -0.25) is 4.79 Å². The van der Waals surface area contributed by atoms with Gasteiger partial charge in [-0.1, -0.05) is 6.92 Å². The predicted octanol–water partition coefficient (Wildman–Crippen LogP) is 1.90. The van der Waals surface area contributed by atoms with E-state index in [0.29, 0.717) is 18.0 Å². The Morgan fingerprint density at radius 1 is 1.44 bits per heavy atom. The molecule has 5 nitrogen and oxygen atoms in total. The molecule has 1 heterocycles. The van der Waals surface area contributed by atoms with Crippen LogP contribution in [-0.4, -0.2) is 42.5 Å². The molecule has 0 aliphatic rings. The largest absolute Gasteiger partial charge is 0.478 e. The molecule has 18 heavy (non-hydrogen) atoms. The first kappa shape index (κ1) is 14.7. The van der Waals surface area contributed by atoms with E-state index in [0.717, 1.165) is 11.3 Å². The average Bonchev–Trinajstić information content (AvgIpc) is 2.69. The minimum Gasteiger partial charge on any atom is -0.478 e. The van der Waals surface area contributed by atoms with Crippen LogP contribution in [0.4, 0.5) is 5.00 Å². The lowest BCUT2D eigenvalue weighted by molar-refractivity contribution is -0.116. The zero-order chi connectivity index (χ0) is 13.7. The molecule has 0 aliphatic heterocycles. The maximum Gasteiger partial charge on any atom is 0.338 e. The van der Waals surface area contributed by atoms with Gasteiger partial charge in [-0.05, 0) is 26.6 Å². The number of amides is 1. The molecule has 100 valence electrons. The molecule has 0 bridgehead atoms. The van der Waals surface area contributed by atoms with Crippen molar-refractivity contribution in [3.63, 3.8) is 0 Å². The van der Waals surface area contributed by atoms with Gasteiger partial charge >= 0.3 is 5.97 Å². The molecule has 1 aromatic heterocycles. The molecule has 0 saturated heterocycles. The number of hydrogen-bond donors (Lipinski definition) is 2. The average molecular weight is 270 g/mol. The Kier molecular flexibility index (Phi) is 5.30. The molecule has 0 saturated carbocycles. The molecule has 0 aromatic carbocycles. The van der Waals surface area contributed by atoms with Crippen molar-refractivity contribution in [2.45, 2.75) is 19.8 Å². The first-order valence-corrected chi connectivity index (χ1v) is 6.56. The number of nitrogens with one attached hydrogen (secondary N) is 1. The fourth-order valence-corrected chi connectivity index (χ4v) is 2.39. The molecule has 0 spiro atoms. The smallest absolute Gasteiger partial charge is 0.338 e. The zero-order valence-electron chi connectivity index (χ0n) is 10.8. The molecule has 1 amide bonds. The summed E-state index contributed by atoms with van der Waals surface area (Å²) in [6, 6.07) is 1.62. The summed E-state index contributed by atoms with van der Waals surface area (Å²) in [4.78, 5) is 25.6. The summed E-state index contributed by atoms with van der Waals surface area (Å²) in [7, 11) is 3.77. The molecule has 6 heteroatoms. The third-order valence-corrected chi connectivity index (χ3v) is 3.60. The van der Waals surface area contributed by atoms with Crippen molar-refractivity contribution in [2.75, 3.05) is 26.0 Å². The van der Waals surface area contributed by atoms with Crippen molar-refractivity contribution in [2.24, 2.45) is 0 Å². The first-order valence-electron chi connectivity index (χ1n) is 5.74. The maximum absolute atomic E-state index is 11.7. The van der Waals surface area contributed by atoms with Crippen LogP contribution in [0.1, 0.15) is 28.6 Å². The standard InChI is InChI=1S/C12H18N2O3S/c1-4-8-7-9(12(16)17)11(18-8)13-10(15)5-6-14(2)3/h7H,4-6H2,1-3H3,(H,13,15)(H,16,17). The minimum atomic E-state index is -1.01. The van der Waals surface area contributed by atoms with Gasteiger partial charge in [-0.2, -0.15) is 0 Å². The van der Waals surface area contributed by atoms with Gasteiger partial charge in [0.15, 0.2) is 0 Å². The van der Waals surface area contributed by atoms with Crippen molar-refractivity contribution in [1.29, 1.82) is 0 Å². The van der Waals surface area contributed by atoms with E-state index in [4.69, 9.17) is 5.11 Å². The highest BCUT2D eigenvalue weighted by atomic mass is 32.1. The molecule has 0 unspecified atom stereocenters. The van der Waals surface area contributed by atoms with Gasteiger partial charge in [0.2, 0.25) is 5.91 Å². The van der Waals surface area contributed by atoms with E-state index >= 15 is 0 Å². The second kappa shape index (κ2) is 6.51. The topological polar surface area (TPSA) is 69.6 Å². The molecule has 0 atom stereocenters. The summed E-state index contributed by atoms with van der Waals surface area (Å²) < 4.78 is 0. The molecule has 1 rings (SSSR count). The number of carboxylic acid groups (broad SMARTS) is 1. The number of carbonyl (C=O) groups excluding carboxylic acids is 1. The number of nitrogens with zero attached hydrogens (tertiary/aromatic N) is 1. The Morgan fingerprint density at radius 3 is 2.61 bits per heavy atom. The first-order chi connectivity index (χ1) is 8.43. The Labute approximate surface area is 110 Å². The molecule has 0 radical (unpaired) electrons. The highest BCUT2D eigenvalue weighted by molar-refractivity contribution is 7.16. The van der Waals surface area contributed by atoms with E-state index in [1.165, 1.54) is 11.3 Å². The summed E-state index contributed by atoms with van der Waals surface area (Å²) in [5.41, 5.74) is 0.176. The van der Waals surface area contributed by atoms with Gasteiger partial charge in [0.1, 0.15) is 5.00 Å². The van der Waals surface area contributed by atoms with Crippen LogP contribution in [0.15, 0.2) is 6.07 Å². The van der Waals surface area contributed by atoms with Gasteiger partial charge < -0.3 is 15.3 Å². The summed E-state index contributed by atoms with van der Waals surface area (Å²) in [5.74, 6) is -1.16. The highest BCUT2D eigenvalue weighted by Gasteiger charge is 2.16. The van der Waals surface area contributed by atoms with Crippen LogP contribution in [0.5, 0.6) is 0 Å². The third-order valence-electron chi connectivity index (χ3n) is 2.40. The number of aromatic carboxylic acids is 1. The number of anilines is 1. The van der Waals surface area contributed by atoms with E-state index in [9.17, 15) is 9.59 Å². The van der Waals surface area contributed by atoms with Crippen LogP contribution >= 0.6 is 11.3 Å². The van der Waals surface area contributed by atoms with Crippen LogP contribution in [-0.2, 0) is 11.2 Å². The van der Waals surface area contributed by atoms with Crippen molar-refractivity contribution in [3.05, 3.63) is 16.5 Å². The lowest BCUT2D eigenvalue weighted by Gasteiger charge is -2.09. The van der Waals surface area contributed by atoms with Gasteiger partial charge in [0, 0.05) is 17.8 Å². The van der Waals surface area contributed by atoms with Crippen LogP contribution in [0, 0.1) is 0 Å². The molecule has 2 N–H and O–H groups in total. The Balaban J connectivity index is 2.73. The lowest BCUT2D eigenvalue weighted by Crippen LogP contribution is -2.21. The second-order valence-electron chi connectivity index (χ2n) is 4.22. The summed E-state index contributed by atoms with van der Waals surface area (Å²) in [6.07, 6.45) is 1.12. The Hall–Kier alpha value is -1.40. The van der Waals surface area contributed by atoms with Gasteiger partial charge in [0.05, 0.1) is 5.56 Å². The van der Waals surface area contributed by atoms with Gasteiger partial charge in [-0.25, -0.2) is 4.79 Å². The van der Waals surface area contributed by atoms with Crippen LogP contribution in [0.2, 0.25) is 0 Å². The Bertz CT molecular complexity index is 441. The van der Waals surface area contributed by atoms with Crippen molar-refractivity contribution >= 4 is 28.2 Å². The maximum atomic E-state index is 11.7. The quantitative estimate of drug-likeness (QED) is 0.828. The van der Waals surface area contributed by atoms with Crippen LogP contribution < -0.4 is 5.32 Å². The van der Waals surface area contributed by atoms with E-state index < -0.39 is 5.97 Å². The monoisotopic (exact) mass is 270 g/mol. The van der Waals surface area contributed by atoms with Crippen molar-refractivity contribution < 1.29 is 14.7 Å². The van der Waals surface area contributed by atoms with Gasteiger partial charge in [0.25, 0.3) is 0 Å². The number of hydrogen-bond acceptors (Lipinski definition) is 4. The van der Waals surface area contributed by atoms with Crippen LogP contribution in [0.3, 0.4) is 0 Å². The van der Waals surface area contributed by atoms with Crippen molar-refractivity contribution in [1.82, 2.24) is 4.90 Å². The SMILES string of the molecule is CCc1cc(C(=O)O)c(NC(=O)CCN(C)C)s1. The number of carboxylic acids is 1.